The van der Waals surface area contributed by atoms with E-state index in [1.54, 1.807) is 7.11 Å². The first kappa shape index (κ1) is 18.6. The zero-order valence-electron chi connectivity index (χ0n) is 13.0. The number of halogens is 1. The van der Waals surface area contributed by atoms with E-state index >= 15 is 0 Å². The molecule has 1 aromatic carbocycles. The highest BCUT2D eigenvalue weighted by molar-refractivity contribution is 5.85. The summed E-state index contributed by atoms with van der Waals surface area (Å²) in [5, 5.41) is 0. The molecule has 0 aliphatic heterocycles. The largest absolute Gasteiger partial charge is 0.493 e. The summed E-state index contributed by atoms with van der Waals surface area (Å²) in [7, 11) is 2.97. The van der Waals surface area contributed by atoms with Gasteiger partial charge in [-0.05, 0) is 43.4 Å². The number of methoxy groups -OCH3 is 2. The summed E-state index contributed by atoms with van der Waals surface area (Å²) in [6.07, 6.45) is 4.93. The first-order valence-corrected chi connectivity index (χ1v) is 7.31. The number of carbonyl (C=O) groups is 1. The number of benzene rings is 1. The number of carbonyl (C=O) groups excluding carboxylic acids is 1. The molecular formula is C16H24ClNO4. The van der Waals surface area contributed by atoms with Gasteiger partial charge in [-0.1, -0.05) is 6.07 Å². The van der Waals surface area contributed by atoms with E-state index in [-0.39, 0.29) is 30.9 Å². The van der Waals surface area contributed by atoms with Crippen molar-refractivity contribution in [3.8, 4) is 11.5 Å². The molecule has 0 spiro atoms. The van der Waals surface area contributed by atoms with Crippen molar-refractivity contribution < 1.29 is 19.0 Å². The summed E-state index contributed by atoms with van der Waals surface area (Å²) >= 11 is 0. The lowest BCUT2D eigenvalue weighted by Gasteiger charge is -2.18. The molecule has 2 N–H and O–H groups in total. The van der Waals surface area contributed by atoms with E-state index in [0.29, 0.717) is 11.5 Å². The van der Waals surface area contributed by atoms with Crippen molar-refractivity contribution >= 4 is 18.4 Å². The quantitative estimate of drug-likeness (QED) is 0.812. The van der Waals surface area contributed by atoms with E-state index in [1.165, 1.54) is 20.0 Å². The van der Waals surface area contributed by atoms with Gasteiger partial charge in [0.15, 0.2) is 11.5 Å². The smallest absolute Gasteiger partial charge is 0.307 e. The first-order valence-electron chi connectivity index (χ1n) is 7.31. The molecule has 2 rings (SSSR count). The Balaban J connectivity index is 0.00000242. The molecule has 0 radical (unpaired) electrons. The molecule has 1 saturated carbocycles. The minimum Gasteiger partial charge on any atom is -0.493 e. The third kappa shape index (κ3) is 4.78. The highest BCUT2D eigenvalue weighted by Gasteiger charge is 2.20. The Bertz CT molecular complexity index is 489. The average molecular weight is 330 g/mol. The minimum absolute atomic E-state index is 0. The van der Waals surface area contributed by atoms with Crippen LogP contribution < -0.4 is 15.2 Å². The van der Waals surface area contributed by atoms with Crippen LogP contribution in [0.4, 0.5) is 0 Å². The normalized spacial score (nSPS) is 15.8. The highest BCUT2D eigenvalue weighted by atomic mass is 35.5. The standard InChI is InChI=1S/C16H23NO4.ClH/c1-19-14-8-7-11(13(17)10-16(18)20-2)9-15(14)21-12-5-3-4-6-12;/h7-9,12-13H,3-6,10,17H2,1-2H3;1H. The zero-order valence-corrected chi connectivity index (χ0v) is 13.9. The van der Waals surface area contributed by atoms with Crippen LogP contribution in [0.25, 0.3) is 0 Å². The molecule has 0 saturated heterocycles. The number of hydrogen-bond acceptors (Lipinski definition) is 5. The van der Waals surface area contributed by atoms with Crippen LogP contribution in [0, 0.1) is 0 Å². The van der Waals surface area contributed by atoms with Crippen LogP contribution in [0.2, 0.25) is 0 Å². The second-order valence-electron chi connectivity index (χ2n) is 5.32. The predicted octanol–water partition coefficient (Wildman–Crippen LogP) is 3.00. The maximum atomic E-state index is 11.3. The molecule has 0 amide bonds. The van der Waals surface area contributed by atoms with Crippen molar-refractivity contribution in [3.63, 3.8) is 0 Å². The van der Waals surface area contributed by atoms with E-state index in [0.717, 1.165) is 18.4 Å². The van der Waals surface area contributed by atoms with Crippen molar-refractivity contribution in [2.24, 2.45) is 5.73 Å². The highest BCUT2D eigenvalue weighted by Crippen LogP contribution is 2.34. The molecule has 0 bridgehead atoms. The summed E-state index contributed by atoms with van der Waals surface area (Å²) in [6, 6.07) is 5.14. The van der Waals surface area contributed by atoms with Crippen LogP contribution >= 0.6 is 12.4 Å². The molecular weight excluding hydrogens is 306 g/mol. The van der Waals surface area contributed by atoms with Crippen molar-refractivity contribution in [1.82, 2.24) is 0 Å². The zero-order chi connectivity index (χ0) is 15.2. The van der Waals surface area contributed by atoms with Gasteiger partial charge in [0.1, 0.15) is 0 Å². The fraction of sp³-hybridized carbons (Fsp3) is 0.562. The minimum atomic E-state index is -0.408. The monoisotopic (exact) mass is 329 g/mol. The Hall–Kier alpha value is -1.46. The summed E-state index contributed by atoms with van der Waals surface area (Å²) in [5.41, 5.74) is 6.88. The lowest BCUT2D eigenvalue weighted by atomic mass is 10.0. The molecule has 22 heavy (non-hydrogen) atoms. The van der Waals surface area contributed by atoms with Crippen LogP contribution in [-0.2, 0) is 9.53 Å². The molecule has 1 atom stereocenters. The number of rotatable bonds is 6. The molecule has 6 heteroatoms. The molecule has 124 valence electrons. The number of esters is 1. The predicted molar refractivity (Wildman–Crippen MR) is 86.7 cm³/mol. The summed E-state index contributed by atoms with van der Waals surface area (Å²) in [5.74, 6) is 1.06. The number of ether oxygens (including phenoxy) is 3. The van der Waals surface area contributed by atoms with Gasteiger partial charge in [0.25, 0.3) is 0 Å². The molecule has 1 unspecified atom stereocenters. The molecule has 1 fully saturated rings. The number of hydrogen-bond donors (Lipinski definition) is 1. The van der Waals surface area contributed by atoms with Gasteiger partial charge in [-0.25, -0.2) is 0 Å². The SMILES string of the molecule is COC(=O)CC(N)c1ccc(OC)c(OC2CCCC2)c1.Cl. The Kier molecular flexibility index (Phi) is 7.48. The van der Waals surface area contributed by atoms with Gasteiger partial charge in [-0.15, -0.1) is 12.4 Å². The third-order valence-corrected chi connectivity index (χ3v) is 3.83. The van der Waals surface area contributed by atoms with Crippen LogP contribution in [0.1, 0.15) is 43.7 Å². The van der Waals surface area contributed by atoms with Crippen molar-refractivity contribution in [3.05, 3.63) is 23.8 Å². The van der Waals surface area contributed by atoms with E-state index in [2.05, 4.69) is 4.74 Å². The van der Waals surface area contributed by atoms with Crippen LogP contribution in [0.3, 0.4) is 0 Å². The Morgan fingerprint density at radius 2 is 1.95 bits per heavy atom. The first-order chi connectivity index (χ1) is 10.1. The summed E-state index contributed by atoms with van der Waals surface area (Å²) < 4.78 is 16.0. The van der Waals surface area contributed by atoms with Gasteiger partial charge >= 0.3 is 5.97 Å². The van der Waals surface area contributed by atoms with Crippen LogP contribution in [0.5, 0.6) is 11.5 Å². The second-order valence-corrected chi connectivity index (χ2v) is 5.32. The van der Waals surface area contributed by atoms with E-state index < -0.39 is 6.04 Å². The van der Waals surface area contributed by atoms with E-state index in [9.17, 15) is 4.79 Å². The van der Waals surface area contributed by atoms with Crippen LogP contribution in [-0.4, -0.2) is 26.3 Å². The van der Waals surface area contributed by atoms with Crippen molar-refractivity contribution in [1.29, 1.82) is 0 Å². The molecule has 1 aliphatic carbocycles. The van der Waals surface area contributed by atoms with Gasteiger partial charge in [-0.3, -0.25) is 4.79 Å². The summed E-state index contributed by atoms with van der Waals surface area (Å²) in [6.45, 7) is 0. The summed E-state index contributed by atoms with van der Waals surface area (Å²) in [4.78, 5) is 11.3. The molecule has 1 aliphatic rings. The van der Waals surface area contributed by atoms with Gasteiger partial charge in [-0.2, -0.15) is 0 Å². The third-order valence-electron chi connectivity index (χ3n) is 3.83. The lowest BCUT2D eigenvalue weighted by molar-refractivity contribution is -0.141. The maximum Gasteiger partial charge on any atom is 0.307 e. The second kappa shape index (κ2) is 8.86. The van der Waals surface area contributed by atoms with Crippen LogP contribution in [0.15, 0.2) is 18.2 Å². The van der Waals surface area contributed by atoms with Crippen molar-refractivity contribution in [2.45, 2.75) is 44.2 Å². The van der Waals surface area contributed by atoms with Crippen molar-refractivity contribution in [2.75, 3.05) is 14.2 Å². The molecule has 0 aromatic heterocycles. The average Bonchev–Trinajstić information content (AvgIpc) is 3.00. The van der Waals surface area contributed by atoms with E-state index in [4.69, 9.17) is 15.2 Å². The fourth-order valence-electron chi connectivity index (χ4n) is 2.58. The number of nitrogens with two attached hydrogens (primary N) is 1. The topological polar surface area (TPSA) is 70.8 Å². The van der Waals surface area contributed by atoms with Gasteiger partial charge < -0.3 is 19.9 Å². The fourth-order valence-corrected chi connectivity index (χ4v) is 2.58. The van der Waals surface area contributed by atoms with Gasteiger partial charge in [0, 0.05) is 6.04 Å². The Labute approximate surface area is 137 Å². The molecule has 1 aromatic rings. The van der Waals surface area contributed by atoms with E-state index in [1.807, 2.05) is 18.2 Å². The Morgan fingerprint density at radius 1 is 1.27 bits per heavy atom. The molecule has 5 nitrogen and oxygen atoms in total. The van der Waals surface area contributed by atoms with Gasteiger partial charge in [0.05, 0.1) is 26.7 Å². The Morgan fingerprint density at radius 3 is 2.55 bits per heavy atom. The maximum absolute atomic E-state index is 11.3. The lowest BCUT2D eigenvalue weighted by Crippen LogP contribution is -2.17. The molecule has 0 heterocycles. The van der Waals surface area contributed by atoms with Gasteiger partial charge in [0.2, 0.25) is 0 Å².